The Morgan fingerprint density at radius 2 is 2.11 bits per heavy atom. The third kappa shape index (κ3) is 4.21. The molecule has 0 saturated heterocycles. The smallest absolute Gasteiger partial charge is 0.239 e. The van der Waals surface area contributed by atoms with Gasteiger partial charge in [-0.25, -0.2) is 10.8 Å². The molecule has 19 heavy (non-hydrogen) atoms. The van der Waals surface area contributed by atoms with Gasteiger partial charge >= 0.3 is 0 Å². The second-order valence-corrected chi connectivity index (χ2v) is 5.78. The first-order valence-corrected chi connectivity index (χ1v) is 7.30. The molecule has 0 amide bonds. The van der Waals surface area contributed by atoms with Gasteiger partial charge in [0.15, 0.2) is 5.82 Å². The Bertz CT molecular complexity index is 404. The lowest BCUT2D eigenvalue weighted by Gasteiger charge is -2.26. The molecule has 0 spiro atoms. The van der Waals surface area contributed by atoms with Crippen LogP contribution in [-0.2, 0) is 0 Å². The van der Waals surface area contributed by atoms with Gasteiger partial charge in [-0.15, -0.1) is 0 Å². The summed E-state index contributed by atoms with van der Waals surface area (Å²) in [6.45, 7) is 3.23. The number of nitrogen functional groups attached to an aromatic ring is 1. The van der Waals surface area contributed by atoms with E-state index < -0.39 is 0 Å². The van der Waals surface area contributed by atoms with Crippen LogP contribution in [0.25, 0.3) is 0 Å². The molecule has 0 bridgehead atoms. The quantitative estimate of drug-likeness (QED) is 0.572. The molecule has 0 atom stereocenters. The van der Waals surface area contributed by atoms with Gasteiger partial charge < -0.3 is 5.32 Å². The van der Waals surface area contributed by atoms with Crippen molar-refractivity contribution in [1.82, 2.24) is 9.97 Å². The molecule has 6 heteroatoms. The van der Waals surface area contributed by atoms with E-state index in [-0.39, 0.29) is 0 Å². The Morgan fingerprint density at radius 1 is 1.37 bits per heavy atom. The summed E-state index contributed by atoms with van der Waals surface area (Å²) in [6, 6.07) is 0. The van der Waals surface area contributed by atoms with E-state index >= 15 is 0 Å². The lowest BCUT2D eigenvalue weighted by atomic mass is 9.81. The zero-order chi connectivity index (χ0) is 13.7. The van der Waals surface area contributed by atoms with Gasteiger partial charge in [0, 0.05) is 6.54 Å². The van der Waals surface area contributed by atoms with Gasteiger partial charge in [0.25, 0.3) is 0 Å². The van der Waals surface area contributed by atoms with Crippen molar-refractivity contribution in [3.63, 3.8) is 0 Å². The van der Waals surface area contributed by atoms with Crippen LogP contribution in [0.4, 0.5) is 11.8 Å². The van der Waals surface area contributed by atoms with Crippen LogP contribution in [0.1, 0.15) is 39.0 Å². The molecule has 0 aromatic carbocycles. The van der Waals surface area contributed by atoms with Gasteiger partial charge in [-0.3, -0.25) is 5.43 Å². The van der Waals surface area contributed by atoms with Crippen LogP contribution < -0.4 is 16.6 Å². The Kier molecular flexibility index (Phi) is 5.22. The molecule has 1 aliphatic rings. The van der Waals surface area contributed by atoms with Gasteiger partial charge in [-0.2, -0.15) is 4.98 Å². The predicted molar refractivity (Wildman–Crippen MR) is 79.1 cm³/mol. The maximum atomic E-state index is 6.04. The molecule has 4 N–H and O–H groups in total. The Balaban J connectivity index is 1.79. The number of hydrazine groups is 1. The number of hydrogen-bond donors (Lipinski definition) is 3. The summed E-state index contributed by atoms with van der Waals surface area (Å²) in [7, 11) is 0. The van der Waals surface area contributed by atoms with E-state index in [4.69, 9.17) is 17.4 Å². The van der Waals surface area contributed by atoms with Gasteiger partial charge in [-0.1, -0.05) is 44.2 Å². The largest absolute Gasteiger partial charge is 0.369 e. The minimum absolute atomic E-state index is 0.374. The lowest BCUT2D eigenvalue weighted by molar-refractivity contribution is 0.282. The number of rotatable bonds is 5. The van der Waals surface area contributed by atoms with Crippen LogP contribution in [0.3, 0.4) is 0 Å². The Morgan fingerprint density at radius 3 is 2.79 bits per heavy atom. The zero-order valence-corrected chi connectivity index (χ0v) is 12.1. The number of halogens is 1. The van der Waals surface area contributed by atoms with Crippen LogP contribution in [-0.4, -0.2) is 16.5 Å². The second-order valence-electron chi connectivity index (χ2n) is 5.38. The van der Waals surface area contributed by atoms with Crippen LogP contribution >= 0.6 is 11.6 Å². The molecule has 0 aliphatic heterocycles. The highest BCUT2D eigenvalue weighted by atomic mass is 35.5. The van der Waals surface area contributed by atoms with Crippen molar-refractivity contribution in [2.45, 2.75) is 39.0 Å². The highest BCUT2D eigenvalue weighted by Crippen LogP contribution is 2.30. The first-order valence-electron chi connectivity index (χ1n) is 6.92. The van der Waals surface area contributed by atoms with Crippen molar-refractivity contribution in [1.29, 1.82) is 0 Å². The molecule has 1 heterocycles. The van der Waals surface area contributed by atoms with Crippen LogP contribution in [0.5, 0.6) is 0 Å². The molecule has 0 radical (unpaired) electrons. The summed E-state index contributed by atoms with van der Waals surface area (Å²) >= 11 is 6.04. The van der Waals surface area contributed by atoms with Crippen molar-refractivity contribution in [2.75, 3.05) is 17.3 Å². The Hall–Kier alpha value is -1.07. The fourth-order valence-corrected chi connectivity index (χ4v) is 2.73. The van der Waals surface area contributed by atoms with Crippen molar-refractivity contribution >= 4 is 23.4 Å². The van der Waals surface area contributed by atoms with E-state index in [1.54, 1.807) is 6.20 Å². The number of anilines is 2. The van der Waals surface area contributed by atoms with Crippen molar-refractivity contribution < 1.29 is 0 Å². The summed E-state index contributed by atoms with van der Waals surface area (Å²) in [5.74, 6) is 8.03. The monoisotopic (exact) mass is 283 g/mol. The van der Waals surface area contributed by atoms with Crippen LogP contribution in [0, 0.1) is 11.8 Å². The molecular formula is C13H22ClN5. The minimum Gasteiger partial charge on any atom is -0.369 e. The number of aromatic nitrogens is 2. The molecule has 1 aromatic rings. The number of nitrogens with one attached hydrogen (secondary N) is 2. The minimum atomic E-state index is 0.374. The van der Waals surface area contributed by atoms with Crippen molar-refractivity contribution in [2.24, 2.45) is 17.7 Å². The summed E-state index contributed by atoms with van der Waals surface area (Å²) in [5, 5.41) is 3.79. The number of nitrogens with two attached hydrogens (primary N) is 1. The highest BCUT2D eigenvalue weighted by molar-refractivity contribution is 6.32. The first-order chi connectivity index (χ1) is 9.19. The summed E-state index contributed by atoms with van der Waals surface area (Å²) in [5.41, 5.74) is 2.42. The molecule has 0 unspecified atom stereocenters. The predicted octanol–water partition coefficient (Wildman–Crippen LogP) is 3.04. The number of nitrogens with zero attached hydrogens (tertiary/aromatic N) is 2. The molecule has 1 aromatic heterocycles. The van der Waals surface area contributed by atoms with Crippen LogP contribution in [0.2, 0.25) is 5.02 Å². The van der Waals surface area contributed by atoms with Crippen molar-refractivity contribution in [3.05, 3.63) is 11.2 Å². The van der Waals surface area contributed by atoms with Gasteiger partial charge in [-0.05, 0) is 18.3 Å². The zero-order valence-electron chi connectivity index (χ0n) is 11.3. The molecule has 1 fully saturated rings. The van der Waals surface area contributed by atoms with Crippen LogP contribution in [0.15, 0.2) is 6.20 Å². The molecule has 1 aliphatic carbocycles. The molecule has 1 saturated carbocycles. The normalized spacial score (nSPS) is 23.1. The molecular weight excluding hydrogens is 262 g/mol. The molecule has 5 nitrogen and oxygen atoms in total. The maximum absolute atomic E-state index is 6.04. The van der Waals surface area contributed by atoms with E-state index in [0.29, 0.717) is 16.8 Å². The van der Waals surface area contributed by atoms with E-state index in [0.717, 1.165) is 18.4 Å². The fourth-order valence-electron chi connectivity index (χ4n) is 2.57. The van der Waals surface area contributed by atoms with Gasteiger partial charge in [0.1, 0.15) is 5.02 Å². The number of hydrogen-bond acceptors (Lipinski definition) is 5. The van der Waals surface area contributed by atoms with Gasteiger partial charge in [0.05, 0.1) is 6.20 Å². The first kappa shape index (κ1) is 14.3. The Labute approximate surface area is 119 Å². The molecule has 2 rings (SSSR count). The summed E-state index contributed by atoms with van der Waals surface area (Å²) < 4.78 is 0. The van der Waals surface area contributed by atoms with E-state index in [1.807, 2.05) is 0 Å². The third-order valence-electron chi connectivity index (χ3n) is 3.85. The fraction of sp³-hybridized carbons (Fsp3) is 0.692. The average molecular weight is 284 g/mol. The van der Waals surface area contributed by atoms with E-state index in [9.17, 15) is 0 Å². The summed E-state index contributed by atoms with van der Waals surface area (Å²) in [6.07, 6.45) is 8.12. The van der Waals surface area contributed by atoms with Gasteiger partial charge in [0.2, 0.25) is 5.95 Å². The average Bonchev–Trinajstić information content (AvgIpc) is 2.43. The topological polar surface area (TPSA) is 75.9 Å². The molecule has 106 valence electrons. The lowest BCUT2D eigenvalue weighted by Crippen LogP contribution is -2.17. The highest BCUT2D eigenvalue weighted by Gasteiger charge is 2.17. The SMILES string of the molecule is CC1CCC(CCNc2nc(NN)ncc2Cl)CC1. The third-order valence-corrected chi connectivity index (χ3v) is 4.13. The standard InChI is InChI=1S/C13H22ClN5/c1-9-2-4-10(5-3-9)6-7-16-12-11(14)8-17-13(18-12)19-15/h8-10H,2-7,15H2,1H3,(H2,16,17,18,19). The van der Waals surface area contributed by atoms with Crippen molar-refractivity contribution in [3.8, 4) is 0 Å². The maximum Gasteiger partial charge on any atom is 0.239 e. The van der Waals surface area contributed by atoms with E-state index in [1.165, 1.54) is 32.1 Å². The second kappa shape index (κ2) is 6.91. The van der Waals surface area contributed by atoms with E-state index in [2.05, 4.69) is 27.6 Å². The summed E-state index contributed by atoms with van der Waals surface area (Å²) in [4.78, 5) is 8.14.